The fourth-order valence-electron chi connectivity index (χ4n) is 2.64. The maximum atomic E-state index is 12.6. The van der Waals surface area contributed by atoms with E-state index in [2.05, 4.69) is 17.2 Å². The van der Waals surface area contributed by atoms with Crippen molar-refractivity contribution in [2.24, 2.45) is 0 Å². The van der Waals surface area contributed by atoms with E-state index in [1.54, 1.807) is 18.2 Å². The Morgan fingerprint density at radius 2 is 1.64 bits per heavy atom. The quantitative estimate of drug-likeness (QED) is 0.603. The highest BCUT2D eigenvalue weighted by Gasteiger charge is 2.29. The van der Waals surface area contributed by atoms with Crippen molar-refractivity contribution >= 4 is 28.6 Å². The Labute approximate surface area is 157 Å². The summed E-state index contributed by atoms with van der Waals surface area (Å²) in [6.07, 6.45) is -4.32. The van der Waals surface area contributed by atoms with Crippen LogP contribution in [0.25, 0.3) is 10.9 Å². The van der Waals surface area contributed by atoms with Crippen LogP contribution in [0, 0.1) is 11.8 Å². The summed E-state index contributed by atoms with van der Waals surface area (Å²) < 4.78 is 38.8. The van der Waals surface area contributed by atoms with Crippen LogP contribution in [0.3, 0.4) is 0 Å². The minimum absolute atomic E-state index is 0.322. The molecule has 0 bridgehead atoms. The molecule has 1 aromatic heterocycles. The van der Waals surface area contributed by atoms with E-state index < -0.39 is 17.8 Å². The second kappa shape index (κ2) is 7.12. The van der Waals surface area contributed by atoms with Gasteiger partial charge in [-0.3, -0.25) is 9.36 Å². The maximum Gasteiger partial charge on any atom is 0.416 e. The lowest BCUT2D eigenvalue weighted by atomic mass is 10.1. The van der Waals surface area contributed by atoms with Crippen molar-refractivity contribution in [3.05, 3.63) is 65.4 Å². The normalized spacial score (nSPS) is 11.0. The van der Waals surface area contributed by atoms with Crippen molar-refractivity contribution in [2.45, 2.75) is 13.1 Å². The van der Waals surface area contributed by atoms with Crippen LogP contribution < -0.4 is 5.32 Å². The van der Waals surface area contributed by atoms with Crippen LogP contribution in [-0.2, 0) is 11.0 Å². The third-order valence-corrected chi connectivity index (χ3v) is 3.88. The number of benzene rings is 2. The minimum atomic E-state index is -4.41. The molecule has 0 fully saturated rings. The van der Waals surface area contributed by atoms with Crippen LogP contribution in [0.2, 0.25) is 0 Å². The highest BCUT2D eigenvalue weighted by Crippen LogP contribution is 2.29. The van der Waals surface area contributed by atoms with Gasteiger partial charge in [0.15, 0.2) is 0 Å². The largest absolute Gasteiger partial charge is 0.464 e. The van der Waals surface area contributed by atoms with Gasteiger partial charge in [-0.05, 0) is 42.5 Å². The van der Waals surface area contributed by atoms with Gasteiger partial charge in [0.2, 0.25) is 5.91 Å². The Bertz CT molecular complexity index is 1130. The molecule has 0 aliphatic heterocycles. The number of carbonyl (C=O) groups excluding carboxylic acids is 1. The summed E-state index contributed by atoms with van der Waals surface area (Å²) >= 11 is 0. The first-order valence-corrected chi connectivity index (χ1v) is 8.00. The van der Waals surface area contributed by atoms with Crippen LogP contribution in [0.5, 0.6) is 0 Å². The number of alkyl halides is 3. The first kappa shape index (κ1) is 19.0. The Morgan fingerprint density at radius 3 is 2.21 bits per heavy atom. The number of hydrogen-bond donors (Lipinski definition) is 2. The van der Waals surface area contributed by atoms with Crippen molar-refractivity contribution in [3.63, 3.8) is 0 Å². The van der Waals surface area contributed by atoms with Crippen LogP contribution in [0.15, 0.2) is 48.7 Å². The fraction of sp³-hybridized carbons (Fsp3) is 0.100. The van der Waals surface area contributed by atoms with Gasteiger partial charge in [-0.15, -0.1) is 0 Å². The highest BCUT2D eigenvalue weighted by molar-refractivity contribution is 6.04. The Hall–Kier alpha value is -3.73. The summed E-state index contributed by atoms with van der Waals surface area (Å²) in [7, 11) is 0. The molecule has 142 valence electrons. The van der Waals surface area contributed by atoms with Gasteiger partial charge in [0.25, 0.3) is 0 Å². The molecule has 0 saturated carbocycles. The zero-order valence-corrected chi connectivity index (χ0v) is 14.5. The number of anilines is 1. The zero-order chi connectivity index (χ0) is 20.5. The zero-order valence-electron chi connectivity index (χ0n) is 14.5. The molecule has 1 heterocycles. The fourth-order valence-corrected chi connectivity index (χ4v) is 2.64. The molecule has 0 radical (unpaired) electrons. The minimum Gasteiger partial charge on any atom is -0.464 e. The molecule has 3 rings (SSSR count). The van der Waals surface area contributed by atoms with E-state index in [0.717, 1.165) is 16.7 Å². The van der Waals surface area contributed by atoms with Gasteiger partial charge in [-0.25, -0.2) is 4.79 Å². The van der Waals surface area contributed by atoms with E-state index in [9.17, 15) is 27.9 Å². The molecule has 0 atom stereocenters. The van der Waals surface area contributed by atoms with Gasteiger partial charge in [-0.1, -0.05) is 11.8 Å². The maximum absolute atomic E-state index is 12.6. The van der Waals surface area contributed by atoms with Gasteiger partial charge in [-0.2, -0.15) is 13.2 Å². The number of rotatable bonds is 1. The van der Waals surface area contributed by atoms with Gasteiger partial charge in [0.1, 0.15) is 0 Å². The molecule has 0 unspecified atom stereocenters. The van der Waals surface area contributed by atoms with Gasteiger partial charge >= 0.3 is 12.3 Å². The highest BCUT2D eigenvalue weighted by atomic mass is 19.4. The average Bonchev–Trinajstić information content (AvgIpc) is 2.97. The molecule has 0 aliphatic carbocycles. The molecule has 0 saturated heterocycles. The monoisotopic (exact) mass is 386 g/mol. The second-order valence-corrected chi connectivity index (χ2v) is 5.93. The van der Waals surface area contributed by atoms with Gasteiger partial charge in [0.05, 0.1) is 16.8 Å². The van der Waals surface area contributed by atoms with Crippen LogP contribution in [0.1, 0.15) is 23.6 Å². The molecule has 5 nitrogen and oxygen atoms in total. The lowest BCUT2D eigenvalue weighted by Gasteiger charge is -2.05. The van der Waals surface area contributed by atoms with Gasteiger partial charge < -0.3 is 10.4 Å². The SMILES string of the molecule is CC(=O)Nc1cn(C(=O)O)c2ccc(C#Cc3ccc(C(F)(F)F)cc3)cc12. The summed E-state index contributed by atoms with van der Waals surface area (Å²) in [6, 6.07) is 9.21. The summed E-state index contributed by atoms with van der Waals surface area (Å²) in [5.41, 5.74) is 0.856. The van der Waals surface area contributed by atoms with Crippen molar-refractivity contribution < 1.29 is 27.9 Å². The second-order valence-electron chi connectivity index (χ2n) is 5.93. The Morgan fingerprint density at radius 1 is 1.04 bits per heavy atom. The first-order chi connectivity index (χ1) is 13.1. The topological polar surface area (TPSA) is 71.3 Å². The third kappa shape index (κ3) is 3.99. The van der Waals surface area contributed by atoms with E-state index in [-0.39, 0.29) is 5.91 Å². The lowest BCUT2D eigenvalue weighted by molar-refractivity contribution is -0.137. The standard InChI is InChI=1S/C20H13F3N2O3/c1-12(26)24-17-11-25(19(27)28)18-9-6-14(10-16(17)18)3-2-13-4-7-15(8-5-13)20(21,22)23/h4-11H,1H3,(H,24,26)(H,27,28). The smallest absolute Gasteiger partial charge is 0.416 e. The predicted octanol–water partition coefficient (Wildman–Crippen LogP) is 4.54. The third-order valence-electron chi connectivity index (χ3n) is 3.88. The molecule has 2 aromatic carbocycles. The molecular formula is C20H13F3N2O3. The first-order valence-electron chi connectivity index (χ1n) is 8.00. The average molecular weight is 386 g/mol. The summed E-state index contributed by atoms with van der Waals surface area (Å²) in [4.78, 5) is 22.7. The Kier molecular flexibility index (Phi) is 4.84. The number of nitrogens with one attached hydrogen (secondary N) is 1. The van der Waals surface area contributed by atoms with E-state index in [0.29, 0.717) is 27.7 Å². The molecular weight excluding hydrogens is 373 g/mol. The number of hydrogen-bond acceptors (Lipinski definition) is 2. The molecule has 2 N–H and O–H groups in total. The molecule has 0 spiro atoms. The lowest BCUT2D eigenvalue weighted by Crippen LogP contribution is -2.07. The Balaban J connectivity index is 1.98. The molecule has 3 aromatic rings. The number of nitrogens with zero attached hydrogens (tertiary/aromatic N) is 1. The van der Waals surface area contributed by atoms with Crippen LogP contribution in [0.4, 0.5) is 23.7 Å². The van der Waals surface area contributed by atoms with Crippen molar-refractivity contribution in [3.8, 4) is 11.8 Å². The number of halogens is 3. The predicted molar refractivity (Wildman–Crippen MR) is 97.1 cm³/mol. The van der Waals surface area contributed by atoms with Crippen molar-refractivity contribution in [1.82, 2.24) is 4.57 Å². The number of carboxylic acid groups (broad SMARTS) is 1. The summed E-state index contributed by atoms with van der Waals surface area (Å²) in [6.45, 7) is 1.30. The van der Waals surface area contributed by atoms with Crippen molar-refractivity contribution in [1.29, 1.82) is 0 Å². The number of amides is 1. The van der Waals surface area contributed by atoms with E-state index in [4.69, 9.17) is 0 Å². The molecule has 1 amide bonds. The summed E-state index contributed by atoms with van der Waals surface area (Å²) in [5, 5.41) is 12.3. The number of carbonyl (C=O) groups is 2. The van der Waals surface area contributed by atoms with Gasteiger partial charge in [0, 0.05) is 29.6 Å². The number of fused-ring (bicyclic) bond motifs is 1. The molecule has 0 aliphatic rings. The van der Waals surface area contributed by atoms with E-state index >= 15 is 0 Å². The van der Waals surface area contributed by atoms with Crippen LogP contribution in [-0.4, -0.2) is 21.7 Å². The summed E-state index contributed by atoms with van der Waals surface area (Å²) in [5.74, 6) is 5.24. The van der Waals surface area contributed by atoms with Crippen LogP contribution >= 0.6 is 0 Å². The molecule has 8 heteroatoms. The molecule has 28 heavy (non-hydrogen) atoms. The van der Waals surface area contributed by atoms with Crippen molar-refractivity contribution in [2.75, 3.05) is 5.32 Å². The number of aromatic nitrogens is 1. The van der Waals surface area contributed by atoms with E-state index in [1.807, 2.05) is 0 Å². The van der Waals surface area contributed by atoms with E-state index in [1.165, 1.54) is 25.3 Å².